The molecule has 5 nitrogen and oxygen atoms in total. The number of anilines is 1. The molecule has 2 heterocycles. The van der Waals surface area contributed by atoms with E-state index in [4.69, 9.17) is 5.73 Å². The van der Waals surface area contributed by atoms with Crippen LogP contribution in [-0.2, 0) is 13.6 Å². The Morgan fingerprint density at radius 3 is 2.85 bits per heavy atom. The molecule has 2 aromatic heterocycles. The number of nitrogen functional groups attached to an aromatic ring is 1. The zero-order valence-corrected chi connectivity index (χ0v) is 7.38. The van der Waals surface area contributed by atoms with Crippen LogP contribution in [0.4, 0.5) is 5.69 Å². The first kappa shape index (κ1) is 7.85. The predicted octanol–water partition coefficient (Wildman–Crippen LogP) is 0.247. The minimum absolute atomic E-state index is 0.683. The van der Waals surface area contributed by atoms with E-state index >= 15 is 0 Å². The first-order valence-electron chi connectivity index (χ1n) is 3.99. The van der Waals surface area contributed by atoms with Gasteiger partial charge in [-0.05, 0) is 0 Å². The van der Waals surface area contributed by atoms with E-state index in [0.717, 1.165) is 5.69 Å². The molecular formula is C8H11N5. The van der Waals surface area contributed by atoms with Crippen molar-refractivity contribution in [2.24, 2.45) is 7.05 Å². The fourth-order valence-electron chi connectivity index (χ4n) is 1.17. The van der Waals surface area contributed by atoms with Gasteiger partial charge in [-0.1, -0.05) is 0 Å². The third-order valence-electron chi connectivity index (χ3n) is 1.89. The maximum atomic E-state index is 5.54. The lowest BCUT2D eigenvalue weighted by atomic mass is 10.4. The van der Waals surface area contributed by atoms with Gasteiger partial charge in [0.05, 0.1) is 36.6 Å². The summed E-state index contributed by atoms with van der Waals surface area (Å²) in [6.45, 7) is 0.702. The van der Waals surface area contributed by atoms with Gasteiger partial charge in [-0.25, -0.2) is 4.98 Å². The predicted molar refractivity (Wildman–Crippen MR) is 48.9 cm³/mol. The van der Waals surface area contributed by atoms with Gasteiger partial charge in [-0.2, -0.15) is 5.10 Å². The highest BCUT2D eigenvalue weighted by molar-refractivity contribution is 5.30. The molecule has 5 heteroatoms. The molecule has 2 aromatic rings. The number of imidazole rings is 1. The van der Waals surface area contributed by atoms with Crippen LogP contribution in [-0.4, -0.2) is 19.3 Å². The lowest BCUT2D eigenvalue weighted by molar-refractivity contribution is 0.648. The standard InChI is InChI=1S/C8H11N5/c1-12-6-10-3-8(12)5-13-4-7(9)2-11-13/h2-4,6H,5,9H2,1H3. The van der Waals surface area contributed by atoms with Crippen LogP contribution in [0.2, 0.25) is 0 Å². The highest BCUT2D eigenvalue weighted by atomic mass is 15.3. The van der Waals surface area contributed by atoms with E-state index in [-0.39, 0.29) is 0 Å². The van der Waals surface area contributed by atoms with E-state index in [1.165, 1.54) is 0 Å². The molecule has 0 spiro atoms. The minimum atomic E-state index is 0.683. The van der Waals surface area contributed by atoms with Crippen molar-refractivity contribution >= 4 is 5.69 Å². The topological polar surface area (TPSA) is 61.7 Å². The number of aryl methyl sites for hydroxylation is 1. The van der Waals surface area contributed by atoms with Crippen molar-refractivity contribution in [2.45, 2.75) is 6.54 Å². The molecule has 0 aliphatic rings. The monoisotopic (exact) mass is 177 g/mol. The number of nitrogens with two attached hydrogens (primary N) is 1. The molecule has 2 N–H and O–H groups in total. The molecule has 0 saturated heterocycles. The zero-order valence-electron chi connectivity index (χ0n) is 7.38. The normalized spacial score (nSPS) is 10.5. The lowest BCUT2D eigenvalue weighted by Crippen LogP contribution is -2.04. The molecule has 0 radical (unpaired) electrons. The maximum Gasteiger partial charge on any atom is 0.0946 e. The molecule has 0 aromatic carbocycles. The Bertz CT molecular complexity index is 400. The van der Waals surface area contributed by atoms with Crippen molar-refractivity contribution in [3.05, 3.63) is 30.6 Å². The molecule has 0 aliphatic heterocycles. The molecule has 13 heavy (non-hydrogen) atoms. The Morgan fingerprint density at radius 1 is 1.46 bits per heavy atom. The second-order valence-electron chi connectivity index (χ2n) is 2.97. The van der Waals surface area contributed by atoms with Crippen LogP contribution in [0.1, 0.15) is 5.69 Å². The summed E-state index contributed by atoms with van der Waals surface area (Å²) < 4.78 is 3.74. The quantitative estimate of drug-likeness (QED) is 0.715. The van der Waals surface area contributed by atoms with E-state index in [0.29, 0.717) is 12.2 Å². The number of hydrogen-bond donors (Lipinski definition) is 1. The van der Waals surface area contributed by atoms with Gasteiger partial charge < -0.3 is 10.3 Å². The highest BCUT2D eigenvalue weighted by Gasteiger charge is 2.00. The van der Waals surface area contributed by atoms with Gasteiger partial charge in [0, 0.05) is 13.2 Å². The summed E-state index contributed by atoms with van der Waals surface area (Å²) in [6, 6.07) is 0. The van der Waals surface area contributed by atoms with Gasteiger partial charge in [-0.3, -0.25) is 4.68 Å². The Morgan fingerprint density at radius 2 is 2.31 bits per heavy atom. The third kappa shape index (κ3) is 1.53. The second-order valence-corrected chi connectivity index (χ2v) is 2.97. The van der Waals surface area contributed by atoms with Crippen LogP contribution in [0.25, 0.3) is 0 Å². The molecule has 0 unspecified atom stereocenters. The van der Waals surface area contributed by atoms with Gasteiger partial charge in [0.1, 0.15) is 0 Å². The van der Waals surface area contributed by atoms with Gasteiger partial charge in [-0.15, -0.1) is 0 Å². The smallest absolute Gasteiger partial charge is 0.0946 e. The summed E-state index contributed by atoms with van der Waals surface area (Å²) >= 11 is 0. The Labute approximate surface area is 75.8 Å². The van der Waals surface area contributed by atoms with Crippen molar-refractivity contribution in [2.75, 3.05) is 5.73 Å². The molecule has 2 rings (SSSR count). The number of rotatable bonds is 2. The summed E-state index contributed by atoms with van der Waals surface area (Å²) in [6.07, 6.45) is 7.02. The summed E-state index contributed by atoms with van der Waals surface area (Å²) in [5.41, 5.74) is 7.32. The van der Waals surface area contributed by atoms with Crippen molar-refractivity contribution in [3.63, 3.8) is 0 Å². The van der Waals surface area contributed by atoms with Gasteiger partial charge in [0.15, 0.2) is 0 Å². The number of hydrogen-bond acceptors (Lipinski definition) is 3. The molecule has 0 amide bonds. The van der Waals surface area contributed by atoms with Crippen LogP contribution < -0.4 is 5.73 Å². The SMILES string of the molecule is Cn1cncc1Cn1cc(N)cn1. The molecule has 0 bridgehead atoms. The van der Waals surface area contributed by atoms with Crippen molar-refractivity contribution in [1.82, 2.24) is 19.3 Å². The van der Waals surface area contributed by atoms with Crippen molar-refractivity contribution in [1.29, 1.82) is 0 Å². The fourth-order valence-corrected chi connectivity index (χ4v) is 1.17. The second kappa shape index (κ2) is 2.93. The van der Waals surface area contributed by atoms with E-state index in [2.05, 4.69) is 10.1 Å². The highest BCUT2D eigenvalue weighted by Crippen LogP contribution is 2.02. The molecule has 68 valence electrons. The van der Waals surface area contributed by atoms with Gasteiger partial charge in [0.25, 0.3) is 0 Å². The van der Waals surface area contributed by atoms with E-state index < -0.39 is 0 Å². The van der Waals surface area contributed by atoms with Crippen LogP contribution in [0.5, 0.6) is 0 Å². The van der Waals surface area contributed by atoms with Crippen LogP contribution in [0.15, 0.2) is 24.9 Å². The molecule has 0 saturated carbocycles. The Balaban J connectivity index is 2.19. The lowest BCUT2D eigenvalue weighted by Gasteiger charge is -2.01. The van der Waals surface area contributed by atoms with E-state index in [9.17, 15) is 0 Å². The van der Waals surface area contributed by atoms with E-state index in [1.807, 2.05) is 17.8 Å². The summed E-state index contributed by atoms with van der Waals surface area (Å²) in [4.78, 5) is 4.02. The summed E-state index contributed by atoms with van der Waals surface area (Å²) in [5, 5.41) is 4.08. The van der Waals surface area contributed by atoms with Crippen molar-refractivity contribution < 1.29 is 0 Å². The molecule has 0 atom stereocenters. The molecular weight excluding hydrogens is 166 g/mol. The number of nitrogens with zero attached hydrogens (tertiary/aromatic N) is 4. The van der Waals surface area contributed by atoms with Crippen molar-refractivity contribution in [3.8, 4) is 0 Å². The molecule has 0 fully saturated rings. The fraction of sp³-hybridized carbons (Fsp3) is 0.250. The zero-order chi connectivity index (χ0) is 9.26. The van der Waals surface area contributed by atoms with E-state index in [1.54, 1.807) is 23.4 Å². The first-order valence-corrected chi connectivity index (χ1v) is 3.99. The van der Waals surface area contributed by atoms with Gasteiger partial charge >= 0.3 is 0 Å². The summed E-state index contributed by atoms with van der Waals surface area (Å²) in [7, 11) is 1.95. The van der Waals surface area contributed by atoms with Gasteiger partial charge in [0.2, 0.25) is 0 Å². The number of aromatic nitrogens is 4. The van der Waals surface area contributed by atoms with Crippen LogP contribution >= 0.6 is 0 Å². The first-order chi connectivity index (χ1) is 6.25. The van der Waals surface area contributed by atoms with Crippen LogP contribution in [0.3, 0.4) is 0 Å². The maximum absolute atomic E-state index is 5.54. The largest absolute Gasteiger partial charge is 0.396 e. The third-order valence-corrected chi connectivity index (χ3v) is 1.89. The Kier molecular flexibility index (Phi) is 1.77. The average molecular weight is 177 g/mol. The average Bonchev–Trinajstić information content (AvgIpc) is 2.64. The Hall–Kier alpha value is -1.78. The summed E-state index contributed by atoms with van der Waals surface area (Å²) in [5.74, 6) is 0. The minimum Gasteiger partial charge on any atom is -0.396 e. The van der Waals surface area contributed by atoms with Crippen LogP contribution in [0, 0.1) is 0 Å². The molecule has 0 aliphatic carbocycles.